The molecule has 3 aliphatic rings. The number of benzene rings is 1. The highest BCUT2D eigenvalue weighted by Gasteiger charge is 2.42. The Morgan fingerprint density at radius 1 is 1.04 bits per heavy atom. The minimum absolute atomic E-state index is 0.130. The summed E-state index contributed by atoms with van der Waals surface area (Å²) in [6, 6.07) is 5.71. The maximum absolute atomic E-state index is 12.6. The topological polar surface area (TPSA) is 104 Å². The first-order chi connectivity index (χ1) is 13.5. The second-order valence-corrected chi connectivity index (χ2v) is 8.01. The fourth-order valence-electron chi connectivity index (χ4n) is 4.05. The van der Waals surface area contributed by atoms with Gasteiger partial charge < -0.3 is 5.32 Å². The molecule has 8 nitrogen and oxygen atoms in total. The second-order valence-electron chi connectivity index (χ2n) is 7.09. The van der Waals surface area contributed by atoms with Crippen molar-refractivity contribution in [2.75, 3.05) is 12.3 Å². The van der Waals surface area contributed by atoms with Gasteiger partial charge in [-0.2, -0.15) is 0 Å². The molecule has 1 aromatic carbocycles. The van der Waals surface area contributed by atoms with Crippen molar-refractivity contribution in [1.82, 2.24) is 15.1 Å². The van der Waals surface area contributed by atoms with Crippen LogP contribution in [0.3, 0.4) is 0 Å². The fraction of sp³-hybridized carbons (Fsp3) is 0.421. The summed E-state index contributed by atoms with van der Waals surface area (Å²) in [5, 5.41) is 2.56. The summed E-state index contributed by atoms with van der Waals surface area (Å²) in [6.07, 6.45) is 3.02. The summed E-state index contributed by atoms with van der Waals surface area (Å²) in [4.78, 5) is 63.8. The van der Waals surface area contributed by atoms with Crippen molar-refractivity contribution in [3.8, 4) is 0 Å². The van der Waals surface area contributed by atoms with Crippen LogP contribution in [0.5, 0.6) is 0 Å². The maximum Gasteiger partial charge on any atom is 0.289 e. The third-order valence-corrected chi connectivity index (χ3v) is 6.21. The number of hydrogen-bond donors (Lipinski definition) is 1. The molecule has 1 saturated heterocycles. The Kier molecular flexibility index (Phi) is 4.92. The van der Waals surface area contributed by atoms with Gasteiger partial charge in [0, 0.05) is 6.04 Å². The van der Waals surface area contributed by atoms with Gasteiger partial charge in [0.15, 0.2) is 0 Å². The molecule has 4 rings (SSSR count). The van der Waals surface area contributed by atoms with Gasteiger partial charge in [0.25, 0.3) is 17.1 Å². The number of fused-ring (bicyclic) bond motifs is 1. The lowest BCUT2D eigenvalue weighted by molar-refractivity contribution is -0.129. The molecule has 0 aromatic heterocycles. The van der Waals surface area contributed by atoms with Crippen molar-refractivity contribution in [2.24, 2.45) is 0 Å². The fourth-order valence-corrected chi connectivity index (χ4v) is 4.81. The summed E-state index contributed by atoms with van der Waals surface area (Å²) in [5.74, 6) is -1.56. The van der Waals surface area contributed by atoms with Crippen molar-refractivity contribution in [3.05, 3.63) is 35.4 Å². The van der Waals surface area contributed by atoms with Crippen molar-refractivity contribution in [2.45, 2.75) is 37.8 Å². The molecule has 1 N–H and O–H groups in total. The number of hydrogen-bond acceptors (Lipinski definition) is 6. The molecular weight excluding hydrogens is 382 g/mol. The zero-order valence-electron chi connectivity index (χ0n) is 15.1. The molecule has 1 saturated carbocycles. The SMILES string of the molecule is O=C(CN1C(=O)c2ccccc2C1=O)NC1CCCCC1N1C(=O)CSC1=O. The van der Waals surface area contributed by atoms with Crippen LogP contribution in [0.15, 0.2) is 24.3 Å². The molecule has 9 heteroatoms. The van der Waals surface area contributed by atoms with Gasteiger partial charge in [0.2, 0.25) is 11.8 Å². The van der Waals surface area contributed by atoms with Crippen LogP contribution in [-0.2, 0) is 9.59 Å². The van der Waals surface area contributed by atoms with Crippen molar-refractivity contribution in [3.63, 3.8) is 0 Å². The summed E-state index contributed by atoms with van der Waals surface area (Å²) < 4.78 is 0. The van der Waals surface area contributed by atoms with E-state index in [1.54, 1.807) is 24.3 Å². The van der Waals surface area contributed by atoms with Gasteiger partial charge in [-0.15, -0.1) is 0 Å². The first-order valence-corrected chi connectivity index (χ1v) is 10.2. The van der Waals surface area contributed by atoms with E-state index < -0.39 is 17.7 Å². The molecule has 2 atom stereocenters. The highest BCUT2D eigenvalue weighted by molar-refractivity contribution is 8.14. The molecule has 5 amide bonds. The summed E-state index contributed by atoms with van der Waals surface area (Å²) >= 11 is 0.975. The van der Waals surface area contributed by atoms with E-state index in [0.717, 1.165) is 29.5 Å². The molecular formula is C19H19N3O5S. The van der Waals surface area contributed by atoms with Gasteiger partial charge >= 0.3 is 0 Å². The third kappa shape index (κ3) is 3.19. The summed E-state index contributed by atoms with van der Waals surface area (Å²) in [6.45, 7) is -0.383. The Balaban J connectivity index is 1.44. The van der Waals surface area contributed by atoms with Crippen LogP contribution in [0.4, 0.5) is 4.79 Å². The number of thioether (sulfide) groups is 1. The van der Waals surface area contributed by atoms with Gasteiger partial charge in [0.1, 0.15) is 6.54 Å². The third-order valence-electron chi connectivity index (χ3n) is 5.37. The smallest absolute Gasteiger partial charge is 0.289 e. The maximum atomic E-state index is 12.6. The van der Waals surface area contributed by atoms with E-state index in [-0.39, 0.29) is 35.5 Å². The number of carbonyl (C=O) groups excluding carboxylic acids is 5. The largest absolute Gasteiger partial charge is 0.350 e. The van der Waals surface area contributed by atoms with Crippen LogP contribution >= 0.6 is 11.8 Å². The Bertz CT molecular complexity index is 835. The molecule has 0 spiro atoms. The molecule has 1 aromatic rings. The molecule has 2 heterocycles. The van der Waals surface area contributed by atoms with Crippen molar-refractivity contribution < 1.29 is 24.0 Å². The van der Waals surface area contributed by atoms with Crippen LogP contribution in [-0.4, -0.2) is 63.0 Å². The predicted octanol–water partition coefficient (Wildman–Crippen LogP) is 1.41. The van der Waals surface area contributed by atoms with Gasteiger partial charge in [-0.05, 0) is 25.0 Å². The summed E-state index contributed by atoms with van der Waals surface area (Å²) in [7, 11) is 0. The second kappa shape index (κ2) is 7.38. The Hall–Kier alpha value is -2.68. The van der Waals surface area contributed by atoms with Crippen LogP contribution in [0.2, 0.25) is 0 Å². The molecule has 0 bridgehead atoms. The molecule has 2 unspecified atom stereocenters. The predicted molar refractivity (Wildman–Crippen MR) is 101 cm³/mol. The van der Waals surface area contributed by atoms with Gasteiger partial charge in [-0.3, -0.25) is 33.8 Å². The molecule has 2 fully saturated rings. The number of carbonyl (C=O) groups is 5. The minimum atomic E-state index is -0.489. The average Bonchev–Trinajstić information content (AvgIpc) is 3.14. The van der Waals surface area contributed by atoms with E-state index in [2.05, 4.69) is 5.32 Å². The Morgan fingerprint density at radius 2 is 1.68 bits per heavy atom. The van der Waals surface area contributed by atoms with E-state index in [0.29, 0.717) is 24.0 Å². The highest BCUT2D eigenvalue weighted by Crippen LogP contribution is 2.30. The molecule has 0 radical (unpaired) electrons. The lowest BCUT2D eigenvalue weighted by atomic mass is 9.89. The van der Waals surface area contributed by atoms with Crippen LogP contribution < -0.4 is 5.32 Å². The van der Waals surface area contributed by atoms with Gasteiger partial charge in [-0.1, -0.05) is 36.7 Å². The zero-order chi connectivity index (χ0) is 19.8. The van der Waals surface area contributed by atoms with Gasteiger partial charge in [0.05, 0.1) is 22.9 Å². The molecule has 28 heavy (non-hydrogen) atoms. The van der Waals surface area contributed by atoms with Crippen LogP contribution in [0.25, 0.3) is 0 Å². The van der Waals surface area contributed by atoms with E-state index in [9.17, 15) is 24.0 Å². The quantitative estimate of drug-likeness (QED) is 0.765. The van der Waals surface area contributed by atoms with Crippen LogP contribution in [0, 0.1) is 0 Å². The monoisotopic (exact) mass is 401 g/mol. The number of nitrogens with one attached hydrogen (secondary N) is 1. The first-order valence-electron chi connectivity index (χ1n) is 9.21. The van der Waals surface area contributed by atoms with Crippen molar-refractivity contribution >= 4 is 40.6 Å². The molecule has 146 valence electrons. The van der Waals surface area contributed by atoms with E-state index in [1.165, 1.54) is 4.90 Å². The first kappa shape index (κ1) is 18.7. The number of amides is 5. The average molecular weight is 401 g/mol. The van der Waals surface area contributed by atoms with E-state index in [1.807, 2.05) is 0 Å². The van der Waals surface area contributed by atoms with Crippen molar-refractivity contribution in [1.29, 1.82) is 0 Å². The van der Waals surface area contributed by atoms with E-state index in [4.69, 9.17) is 0 Å². The lowest BCUT2D eigenvalue weighted by Crippen LogP contribution is -2.56. The van der Waals surface area contributed by atoms with Crippen LogP contribution in [0.1, 0.15) is 46.4 Å². The summed E-state index contributed by atoms with van der Waals surface area (Å²) in [5.41, 5.74) is 0.585. The minimum Gasteiger partial charge on any atom is -0.350 e. The number of nitrogens with zero attached hydrogens (tertiary/aromatic N) is 2. The number of imide groups is 2. The zero-order valence-corrected chi connectivity index (χ0v) is 15.9. The van der Waals surface area contributed by atoms with Gasteiger partial charge in [-0.25, -0.2) is 0 Å². The Labute approximate surface area is 165 Å². The number of rotatable bonds is 4. The van der Waals surface area contributed by atoms with E-state index >= 15 is 0 Å². The normalized spacial score (nSPS) is 24.7. The molecule has 2 aliphatic heterocycles. The Morgan fingerprint density at radius 3 is 2.29 bits per heavy atom. The lowest BCUT2D eigenvalue weighted by Gasteiger charge is -2.37. The highest BCUT2D eigenvalue weighted by atomic mass is 32.2. The molecule has 1 aliphatic carbocycles. The standard InChI is InChI=1S/C19H19N3O5S/c23-15(9-21-17(25)11-5-1-2-6-12(11)18(21)26)20-13-7-3-4-8-14(13)22-16(24)10-28-19(22)27/h1-2,5-6,13-14H,3-4,7-10H2,(H,20,23).